The lowest BCUT2D eigenvalue weighted by Gasteiger charge is -2.35. The lowest BCUT2D eigenvalue weighted by Crippen LogP contribution is -2.52. The van der Waals surface area contributed by atoms with E-state index in [1.165, 1.54) is 0 Å². The van der Waals surface area contributed by atoms with Gasteiger partial charge in [0, 0.05) is 31.7 Å². The highest BCUT2D eigenvalue weighted by atomic mass is 16.7. The van der Waals surface area contributed by atoms with E-state index in [-0.39, 0.29) is 18.4 Å². The summed E-state index contributed by atoms with van der Waals surface area (Å²) in [5.41, 5.74) is 0.210. The molecule has 33 heavy (non-hydrogen) atoms. The van der Waals surface area contributed by atoms with Gasteiger partial charge in [-0.05, 0) is 60.0 Å². The molecule has 182 valence electrons. The molecule has 0 N–H and O–H groups in total. The van der Waals surface area contributed by atoms with Crippen molar-refractivity contribution in [3.8, 4) is 5.75 Å². The highest BCUT2D eigenvalue weighted by Gasteiger charge is 2.51. The van der Waals surface area contributed by atoms with Crippen molar-refractivity contribution in [1.29, 1.82) is 0 Å². The van der Waals surface area contributed by atoms with Crippen molar-refractivity contribution in [2.75, 3.05) is 33.3 Å². The topological polar surface area (TPSA) is 77.5 Å². The summed E-state index contributed by atoms with van der Waals surface area (Å²) in [4.78, 5) is 28.8. The van der Waals surface area contributed by atoms with Crippen LogP contribution in [0.15, 0.2) is 18.2 Å². The van der Waals surface area contributed by atoms with E-state index >= 15 is 0 Å². The summed E-state index contributed by atoms with van der Waals surface area (Å²) < 4.78 is 23.3. The average molecular weight is 460 g/mol. The molecule has 8 nitrogen and oxygen atoms in total. The van der Waals surface area contributed by atoms with Gasteiger partial charge in [0.05, 0.1) is 24.7 Å². The number of ether oxygens (including phenoxy) is 2. The van der Waals surface area contributed by atoms with Crippen molar-refractivity contribution < 1.29 is 28.4 Å². The SMILES string of the molecule is COc1ccc(B2OC(C)(C)C(C)(C)O2)cc1CC(=O)N1CCN(C(=O)OC(C)(C)C)CC1. The maximum absolute atomic E-state index is 13.1. The van der Waals surface area contributed by atoms with Gasteiger partial charge in [-0.2, -0.15) is 0 Å². The molecule has 0 atom stereocenters. The summed E-state index contributed by atoms with van der Waals surface area (Å²) in [6.45, 7) is 15.4. The number of carbonyl (C=O) groups is 2. The Balaban J connectivity index is 1.65. The molecule has 0 aromatic heterocycles. The molecule has 0 bridgehead atoms. The van der Waals surface area contributed by atoms with E-state index in [2.05, 4.69) is 0 Å². The maximum Gasteiger partial charge on any atom is 0.494 e. The molecule has 0 radical (unpaired) electrons. The molecule has 3 rings (SSSR count). The van der Waals surface area contributed by atoms with Crippen LogP contribution in [0.4, 0.5) is 4.79 Å². The van der Waals surface area contributed by atoms with Crippen molar-refractivity contribution in [2.45, 2.75) is 71.7 Å². The zero-order chi connectivity index (χ0) is 24.6. The fourth-order valence-corrected chi connectivity index (χ4v) is 3.80. The average Bonchev–Trinajstić information content (AvgIpc) is 2.94. The third kappa shape index (κ3) is 5.82. The first-order chi connectivity index (χ1) is 15.2. The van der Waals surface area contributed by atoms with Crippen LogP contribution in [-0.2, 0) is 25.3 Å². The van der Waals surface area contributed by atoms with Crippen LogP contribution >= 0.6 is 0 Å². The molecule has 1 aromatic carbocycles. The number of nitrogens with zero attached hydrogens (tertiary/aromatic N) is 2. The molecule has 9 heteroatoms. The molecule has 2 amide bonds. The second-order valence-electron chi connectivity index (χ2n) is 10.7. The Morgan fingerprint density at radius 1 is 1.00 bits per heavy atom. The Labute approximate surface area is 197 Å². The molecular formula is C24H37BN2O6. The van der Waals surface area contributed by atoms with E-state index in [9.17, 15) is 9.59 Å². The molecular weight excluding hydrogens is 423 g/mol. The third-order valence-electron chi connectivity index (χ3n) is 6.46. The van der Waals surface area contributed by atoms with Gasteiger partial charge in [0.15, 0.2) is 0 Å². The molecule has 0 saturated carbocycles. The fraction of sp³-hybridized carbons (Fsp3) is 0.667. The molecule has 1 aromatic rings. The minimum atomic E-state index is -0.539. The number of piperazine rings is 1. The number of amides is 2. The molecule has 2 heterocycles. The van der Waals surface area contributed by atoms with Gasteiger partial charge in [-0.25, -0.2) is 4.79 Å². The predicted molar refractivity (Wildman–Crippen MR) is 127 cm³/mol. The number of benzene rings is 1. The molecule has 0 aliphatic carbocycles. The summed E-state index contributed by atoms with van der Waals surface area (Å²) in [5.74, 6) is 0.638. The smallest absolute Gasteiger partial charge is 0.494 e. The monoisotopic (exact) mass is 460 g/mol. The van der Waals surface area contributed by atoms with Gasteiger partial charge >= 0.3 is 13.2 Å². The van der Waals surface area contributed by atoms with E-state index in [4.69, 9.17) is 18.8 Å². The zero-order valence-electron chi connectivity index (χ0n) is 21.2. The first-order valence-corrected chi connectivity index (χ1v) is 11.5. The number of carbonyl (C=O) groups excluding carboxylic acids is 2. The Hall–Kier alpha value is -2.26. The lowest BCUT2D eigenvalue weighted by atomic mass is 9.78. The van der Waals surface area contributed by atoms with Gasteiger partial charge in [0.25, 0.3) is 0 Å². The van der Waals surface area contributed by atoms with Gasteiger partial charge in [0.2, 0.25) is 5.91 Å². The van der Waals surface area contributed by atoms with Gasteiger partial charge in [-0.3, -0.25) is 4.79 Å². The minimum absolute atomic E-state index is 0.0109. The van der Waals surface area contributed by atoms with Crippen LogP contribution in [-0.4, -0.2) is 79.0 Å². The van der Waals surface area contributed by atoms with Crippen molar-refractivity contribution in [2.24, 2.45) is 0 Å². The van der Waals surface area contributed by atoms with Crippen LogP contribution in [0.3, 0.4) is 0 Å². The molecule has 0 unspecified atom stereocenters. The van der Waals surface area contributed by atoms with Crippen molar-refractivity contribution in [1.82, 2.24) is 9.80 Å². The Kier molecular flexibility index (Phi) is 7.06. The number of methoxy groups -OCH3 is 1. The second-order valence-corrected chi connectivity index (χ2v) is 10.7. The van der Waals surface area contributed by atoms with Gasteiger partial charge in [-0.1, -0.05) is 12.1 Å². The van der Waals surface area contributed by atoms with Crippen LogP contribution in [0.5, 0.6) is 5.75 Å². The minimum Gasteiger partial charge on any atom is -0.496 e. The first-order valence-electron chi connectivity index (χ1n) is 11.5. The van der Waals surface area contributed by atoms with E-state index in [0.29, 0.717) is 31.9 Å². The highest BCUT2D eigenvalue weighted by molar-refractivity contribution is 6.62. The highest BCUT2D eigenvalue weighted by Crippen LogP contribution is 2.36. The zero-order valence-corrected chi connectivity index (χ0v) is 21.2. The summed E-state index contributed by atoms with van der Waals surface area (Å²) >= 11 is 0. The van der Waals surface area contributed by atoms with Crippen LogP contribution in [0.1, 0.15) is 54.0 Å². The van der Waals surface area contributed by atoms with Crippen LogP contribution < -0.4 is 10.2 Å². The second kappa shape index (κ2) is 9.18. The summed E-state index contributed by atoms with van der Waals surface area (Å²) in [6, 6.07) is 5.69. The summed E-state index contributed by atoms with van der Waals surface area (Å²) in [7, 11) is 1.09. The van der Waals surface area contributed by atoms with Crippen molar-refractivity contribution >= 4 is 24.6 Å². The molecule has 2 aliphatic rings. The van der Waals surface area contributed by atoms with Crippen LogP contribution in [0.25, 0.3) is 0 Å². The largest absolute Gasteiger partial charge is 0.496 e. The van der Waals surface area contributed by atoms with E-state index in [1.54, 1.807) is 16.9 Å². The third-order valence-corrected chi connectivity index (χ3v) is 6.46. The lowest BCUT2D eigenvalue weighted by molar-refractivity contribution is -0.132. The van der Waals surface area contributed by atoms with E-state index < -0.39 is 23.9 Å². The van der Waals surface area contributed by atoms with Gasteiger partial charge in [0.1, 0.15) is 11.4 Å². The summed E-state index contributed by atoms with van der Waals surface area (Å²) in [5, 5.41) is 0. The molecule has 2 aliphatic heterocycles. The standard InChI is InChI=1S/C24H37BN2O6/c1-22(2,3)31-21(29)27-13-11-26(12-14-27)20(28)16-17-15-18(9-10-19(17)30-8)25-32-23(4,5)24(6,7)33-25/h9-10,15H,11-14,16H2,1-8H3. The number of rotatable bonds is 4. The number of hydrogen-bond acceptors (Lipinski definition) is 6. The van der Waals surface area contributed by atoms with Gasteiger partial charge in [-0.15, -0.1) is 0 Å². The molecule has 2 saturated heterocycles. The first kappa shape index (κ1) is 25.4. The number of hydrogen-bond donors (Lipinski definition) is 0. The Bertz CT molecular complexity index is 871. The predicted octanol–water partition coefficient (Wildman–Crippen LogP) is 2.62. The fourth-order valence-electron chi connectivity index (χ4n) is 3.80. The normalized spacial score (nSPS) is 20.1. The quantitative estimate of drug-likeness (QED) is 0.643. The van der Waals surface area contributed by atoms with E-state index in [0.717, 1.165) is 11.0 Å². The Morgan fingerprint density at radius 2 is 1.55 bits per heavy atom. The Morgan fingerprint density at radius 3 is 2.06 bits per heavy atom. The molecule has 0 spiro atoms. The van der Waals surface area contributed by atoms with Crippen molar-refractivity contribution in [3.05, 3.63) is 23.8 Å². The van der Waals surface area contributed by atoms with Crippen LogP contribution in [0, 0.1) is 0 Å². The molecule has 2 fully saturated rings. The van der Waals surface area contributed by atoms with Crippen LogP contribution in [0.2, 0.25) is 0 Å². The van der Waals surface area contributed by atoms with E-state index in [1.807, 2.05) is 66.7 Å². The van der Waals surface area contributed by atoms with Crippen molar-refractivity contribution in [3.63, 3.8) is 0 Å². The maximum atomic E-state index is 13.1. The van der Waals surface area contributed by atoms with Gasteiger partial charge < -0.3 is 28.6 Å². The summed E-state index contributed by atoms with van der Waals surface area (Å²) in [6.07, 6.45) is -0.144.